The minimum atomic E-state index is -0.631. The molecule has 0 aromatic heterocycles. The van der Waals surface area contributed by atoms with Gasteiger partial charge in [-0.2, -0.15) is 0 Å². The number of rotatable bonds is 3. The van der Waals surface area contributed by atoms with Crippen molar-refractivity contribution in [1.29, 1.82) is 0 Å². The van der Waals surface area contributed by atoms with E-state index in [1.165, 1.54) is 5.56 Å². The average molecular weight is 433 g/mol. The van der Waals surface area contributed by atoms with Gasteiger partial charge in [0.2, 0.25) is 0 Å². The van der Waals surface area contributed by atoms with E-state index in [1.807, 2.05) is 43.3 Å². The first-order valence-corrected chi connectivity index (χ1v) is 7.68. The topological polar surface area (TPSA) is 29.5 Å². The highest BCUT2D eigenvalue weighted by molar-refractivity contribution is 14.1. The number of hydrogen-bond donors (Lipinski definition) is 1. The number of methoxy groups -OCH3 is 1. The van der Waals surface area contributed by atoms with Crippen LogP contribution in [0.15, 0.2) is 40.9 Å². The first kappa shape index (κ1) is 14.8. The minimum absolute atomic E-state index is 0.631. The number of halogens is 2. The molecule has 0 aliphatic carbocycles. The third-order valence-electron chi connectivity index (χ3n) is 3.01. The molecule has 0 saturated heterocycles. The van der Waals surface area contributed by atoms with Gasteiger partial charge in [0.25, 0.3) is 0 Å². The summed E-state index contributed by atoms with van der Waals surface area (Å²) in [5.41, 5.74) is 2.94. The summed E-state index contributed by atoms with van der Waals surface area (Å²) in [6.07, 6.45) is -0.631. The molecule has 1 unspecified atom stereocenters. The predicted octanol–water partition coefficient (Wildman–Crippen LogP) is 4.45. The summed E-state index contributed by atoms with van der Waals surface area (Å²) >= 11 is 5.72. The lowest BCUT2D eigenvalue weighted by Crippen LogP contribution is -2.03. The van der Waals surface area contributed by atoms with Crippen LogP contribution in [0, 0.1) is 10.5 Å². The molecule has 1 N–H and O–H groups in total. The Morgan fingerprint density at radius 1 is 1.26 bits per heavy atom. The summed E-state index contributed by atoms with van der Waals surface area (Å²) in [6.45, 7) is 2.04. The van der Waals surface area contributed by atoms with E-state index in [1.54, 1.807) is 7.11 Å². The predicted molar refractivity (Wildman–Crippen MR) is 88.7 cm³/mol. The molecule has 4 heteroatoms. The van der Waals surface area contributed by atoms with Gasteiger partial charge in [0.15, 0.2) is 0 Å². The van der Waals surface area contributed by atoms with Gasteiger partial charge in [-0.3, -0.25) is 0 Å². The van der Waals surface area contributed by atoms with E-state index in [9.17, 15) is 5.11 Å². The van der Waals surface area contributed by atoms with Crippen LogP contribution >= 0.6 is 38.5 Å². The van der Waals surface area contributed by atoms with Gasteiger partial charge in [0.1, 0.15) is 11.9 Å². The van der Waals surface area contributed by atoms with Gasteiger partial charge in [0, 0.05) is 3.57 Å². The molecule has 0 aliphatic heterocycles. The molecular formula is C15H14BrIO2. The summed E-state index contributed by atoms with van der Waals surface area (Å²) in [7, 11) is 1.62. The quantitative estimate of drug-likeness (QED) is 0.726. The molecule has 0 fully saturated rings. The Morgan fingerprint density at radius 3 is 2.63 bits per heavy atom. The van der Waals surface area contributed by atoms with Crippen LogP contribution in [0.2, 0.25) is 0 Å². The van der Waals surface area contributed by atoms with E-state index < -0.39 is 6.10 Å². The fourth-order valence-electron chi connectivity index (χ4n) is 1.91. The molecule has 2 aromatic rings. The second-order valence-corrected chi connectivity index (χ2v) is 6.21. The van der Waals surface area contributed by atoms with Gasteiger partial charge in [-0.05, 0) is 74.3 Å². The van der Waals surface area contributed by atoms with E-state index in [0.717, 1.165) is 24.9 Å². The Bertz CT molecular complexity index is 599. The van der Waals surface area contributed by atoms with Gasteiger partial charge >= 0.3 is 0 Å². The van der Waals surface area contributed by atoms with Gasteiger partial charge in [-0.1, -0.05) is 24.3 Å². The number of ether oxygens (including phenoxy) is 1. The highest BCUT2D eigenvalue weighted by atomic mass is 127. The second kappa shape index (κ2) is 6.24. The Balaban J connectivity index is 2.41. The lowest BCUT2D eigenvalue weighted by Gasteiger charge is -2.16. The smallest absolute Gasteiger partial charge is 0.133 e. The fraction of sp³-hybridized carbons (Fsp3) is 0.200. The lowest BCUT2D eigenvalue weighted by molar-refractivity contribution is 0.219. The lowest BCUT2D eigenvalue weighted by atomic mass is 10.00. The molecule has 1 atom stereocenters. The van der Waals surface area contributed by atoms with Crippen LogP contribution in [0.4, 0.5) is 0 Å². The highest BCUT2D eigenvalue weighted by Crippen LogP contribution is 2.32. The Labute approximate surface area is 135 Å². The zero-order chi connectivity index (χ0) is 14.0. The number of aryl methyl sites for hydroxylation is 1. The molecule has 100 valence electrons. The van der Waals surface area contributed by atoms with Crippen LogP contribution in [0.1, 0.15) is 22.8 Å². The van der Waals surface area contributed by atoms with E-state index in [4.69, 9.17) is 4.74 Å². The summed E-state index contributed by atoms with van der Waals surface area (Å²) in [5, 5.41) is 10.5. The van der Waals surface area contributed by atoms with Crippen molar-refractivity contribution in [3.8, 4) is 5.75 Å². The molecule has 0 bridgehead atoms. The third-order valence-corrected chi connectivity index (χ3v) is 5.10. The molecule has 0 saturated carbocycles. The fourth-order valence-corrected chi connectivity index (χ4v) is 3.13. The maximum absolute atomic E-state index is 10.5. The number of aliphatic hydroxyl groups is 1. The van der Waals surface area contributed by atoms with Crippen molar-refractivity contribution in [3.05, 3.63) is 61.1 Å². The second-order valence-electron chi connectivity index (χ2n) is 4.27. The molecule has 0 radical (unpaired) electrons. The molecule has 0 aliphatic rings. The number of aliphatic hydroxyl groups excluding tert-OH is 1. The molecule has 2 nitrogen and oxygen atoms in total. The van der Waals surface area contributed by atoms with Crippen LogP contribution < -0.4 is 4.74 Å². The van der Waals surface area contributed by atoms with Crippen molar-refractivity contribution in [3.63, 3.8) is 0 Å². The van der Waals surface area contributed by atoms with E-state index in [-0.39, 0.29) is 0 Å². The third kappa shape index (κ3) is 3.12. The average Bonchev–Trinajstić information content (AvgIpc) is 2.41. The maximum atomic E-state index is 10.5. The van der Waals surface area contributed by atoms with E-state index >= 15 is 0 Å². The van der Waals surface area contributed by atoms with Gasteiger partial charge in [-0.25, -0.2) is 0 Å². The number of hydrogen-bond acceptors (Lipinski definition) is 2. The van der Waals surface area contributed by atoms with Gasteiger partial charge < -0.3 is 9.84 Å². The Morgan fingerprint density at radius 2 is 2.00 bits per heavy atom. The van der Waals surface area contributed by atoms with E-state index in [0.29, 0.717) is 0 Å². The highest BCUT2D eigenvalue weighted by Gasteiger charge is 2.15. The summed E-state index contributed by atoms with van der Waals surface area (Å²) < 4.78 is 7.14. The minimum Gasteiger partial charge on any atom is -0.496 e. The summed E-state index contributed by atoms with van der Waals surface area (Å²) in [6, 6.07) is 11.6. The van der Waals surface area contributed by atoms with Crippen LogP contribution in [-0.4, -0.2) is 12.2 Å². The molecule has 19 heavy (non-hydrogen) atoms. The van der Waals surface area contributed by atoms with Crippen molar-refractivity contribution >= 4 is 38.5 Å². The van der Waals surface area contributed by atoms with Crippen molar-refractivity contribution in [2.75, 3.05) is 7.11 Å². The van der Waals surface area contributed by atoms with Crippen LogP contribution in [0.5, 0.6) is 5.75 Å². The SMILES string of the molecule is COc1ccc(C(O)c2cccc(C)c2I)cc1Br. The summed E-state index contributed by atoms with van der Waals surface area (Å²) in [5.74, 6) is 0.759. The zero-order valence-corrected chi connectivity index (χ0v) is 14.4. The van der Waals surface area contributed by atoms with Crippen LogP contribution in [0.25, 0.3) is 0 Å². The van der Waals surface area contributed by atoms with Crippen molar-refractivity contribution in [1.82, 2.24) is 0 Å². The largest absolute Gasteiger partial charge is 0.496 e. The van der Waals surface area contributed by atoms with Crippen LogP contribution in [-0.2, 0) is 0 Å². The van der Waals surface area contributed by atoms with Crippen molar-refractivity contribution < 1.29 is 9.84 Å². The molecule has 0 amide bonds. The Hall–Kier alpha value is -0.590. The van der Waals surface area contributed by atoms with E-state index in [2.05, 4.69) is 38.5 Å². The number of benzene rings is 2. The molecule has 2 aromatic carbocycles. The summed E-state index contributed by atoms with van der Waals surface area (Å²) in [4.78, 5) is 0. The standard InChI is InChI=1S/C15H14BrIO2/c1-9-4-3-5-11(14(9)17)15(18)10-6-7-13(19-2)12(16)8-10/h3-8,15,18H,1-2H3. The molecule has 0 heterocycles. The normalized spacial score (nSPS) is 12.3. The van der Waals surface area contributed by atoms with Crippen LogP contribution in [0.3, 0.4) is 0 Å². The Kier molecular flexibility index (Phi) is 4.86. The van der Waals surface area contributed by atoms with Gasteiger partial charge in [-0.15, -0.1) is 0 Å². The molecule has 0 spiro atoms. The van der Waals surface area contributed by atoms with Crippen molar-refractivity contribution in [2.45, 2.75) is 13.0 Å². The molecule has 2 rings (SSSR count). The monoisotopic (exact) mass is 432 g/mol. The first-order chi connectivity index (χ1) is 9.04. The zero-order valence-electron chi connectivity index (χ0n) is 10.7. The van der Waals surface area contributed by atoms with Gasteiger partial charge in [0.05, 0.1) is 11.6 Å². The maximum Gasteiger partial charge on any atom is 0.133 e. The van der Waals surface area contributed by atoms with Crippen molar-refractivity contribution in [2.24, 2.45) is 0 Å². The first-order valence-electron chi connectivity index (χ1n) is 5.81. The molecular weight excluding hydrogens is 419 g/mol.